The van der Waals surface area contributed by atoms with E-state index >= 15 is 4.39 Å². The maximum atomic E-state index is 15.2. The molecule has 1 saturated heterocycles. The van der Waals surface area contributed by atoms with Crippen LogP contribution in [0.25, 0.3) is 33.1 Å². The van der Waals surface area contributed by atoms with E-state index in [2.05, 4.69) is 19.9 Å². The van der Waals surface area contributed by atoms with Crippen LogP contribution in [0.3, 0.4) is 0 Å². The van der Waals surface area contributed by atoms with E-state index in [4.69, 9.17) is 17.5 Å². The molecule has 0 unspecified atom stereocenters. The second-order valence-corrected chi connectivity index (χ2v) is 8.64. The van der Waals surface area contributed by atoms with Crippen LogP contribution in [0.5, 0.6) is 0 Å². The molecular formula is C23H22ClFN6O. The summed E-state index contributed by atoms with van der Waals surface area (Å²) in [6.45, 7) is 1.59. The molecule has 5 rings (SSSR count). The number of aromatic amines is 1. The Labute approximate surface area is 189 Å². The summed E-state index contributed by atoms with van der Waals surface area (Å²) in [5.74, 6) is -0.776. The van der Waals surface area contributed by atoms with Crippen LogP contribution in [0.4, 0.5) is 10.1 Å². The highest BCUT2D eigenvalue weighted by Gasteiger charge is 2.21. The summed E-state index contributed by atoms with van der Waals surface area (Å²) >= 11 is 5.81. The number of hydrogen-bond acceptors (Lipinski definition) is 5. The largest absolute Gasteiger partial charge is 0.369 e. The van der Waals surface area contributed by atoms with Crippen molar-refractivity contribution in [3.8, 4) is 11.1 Å². The van der Waals surface area contributed by atoms with Crippen molar-refractivity contribution in [2.24, 2.45) is 5.73 Å². The van der Waals surface area contributed by atoms with Crippen molar-refractivity contribution in [3.63, 3.8) is 0 Å². The molecule has 1 amide bonds. The van der Waals surface area contributed by atoms with Gasteiger partial charge in [-0.1, -0.05) is 0 Å². The molecule has 1 atom stereocenters. The molecule has 32 heavy (non-hydrogen) atoms. The van der Waals surface area contributed by atoms with Gasteiger partial charge < -0.3 is 15.6 Å². The quantitative estimate of drug-likeness (QED) is 0.457. The van der Waals surface area contributed by atoms with Gasteiger partial charge in [0.2, 0.25) is 0 Å². The molecule has 3 N–H and O–H groups in total. The molecule has 0 radical (unpaired) electrons. The molecular weight excluding hydrogens is 431 g/mol. The molecule has 0 bridgehead atoms. The lowest BCUT2D eigenvalue weighted by atomic mass is 10.00. The Morgan fingerprint density at radius 1 is 1.31 bits per heavy atom. The van der Waals surface area contributed by atoms with E-state index in [1.165, 1.54) is 19.3 Å². The number of nitrogens with zero attached hydrogens (tertiary/aromatic N) is 4. The lowest BCUT2D eigenvalue weighted by molar-refractivity contribution is 0.0884. The van der Waals surface area contributed by atoms with Crippen LogP contribution in [-0.2, 0) is 0 Å². The van der Waals surface area contributed by atoms with Gasteiger partial charge in [-0.05, 0) is 42.7 Å². The monoisotopic (exact) mass is 452 g/mol. The molecule has 3 aromatic heterocycles. The molecule has 1 fully saturated rings. The molecule has 1 aromatic carbocycles. The third-order valence-electron chi connectivity index (χ3n) is 5.94. The van der Waals surface area contributed by atoms with Gasteiger partial charge in [0, 0.05) is 78.6 Å². The first-order valence-corrected chi connectivity index (χ1v) is 10.8. The van der Waals surface area contributed by atoms with Crippen LogP contribution in [0, 0.1) is 5.82 Å². The number of amides is 1. The molecule has 0 aliphatic carbocycles. The van der Waals surface area contributed by atoms with Crippen molar-refractivity contribution < 1.29 is 9.18 Å². The van der Waals surface area contributed by atoms with Crippen molar-refractivity contribution >= 4 is 45.3 Å². The van der Waals surface area contributed by atoms with Gasteiger partial charge >= 0.3 is 0 Å². The van der Waals surface area contributed by atoms with Gasteiger partial charge in [0.1, 0.15) is 17.0 Å². The fourth-order valence-corrected chi connectivity index (χ4v) is 4.49. The molecule has 9 heteroatoms. The van der Waals surface area contributed by atoms with Crippen molar-refractivity contribution in [3.05, 3.63) is 54.2 Å². The number of fused-ring (bicyclic) bond motifs is 2. The smallest absolute Gasteiger partial charge is 0.269 e. The number of hydrogen-bond donors (Lipinski definition) is 2. The van der Waals surface area contributed by atoms with E-state index < -0.39 is 5.82 Å². The minimum absolute atomic E-state index is 0.0932. The van der Waals surface area contributed by atoms with E-state index in [-0.39, 0.29) is 11.9 Å². The third kappa shape index (κ3) is 3.55. The van der Waals surface area contributed by atoms with Crippen LogP contribution >= 0.6 is 11.8 Å². The van der Waals surface area contributed by atoms with Crippen molar-refractivity contribution in [2.75, 3.05) is 25.0 Å². The Balaban J connectivity index is 1.66. The third-order valence-corrected chi connectivity index (χ3v) is 6.10. The minimum atomic E-state index is -0.407. The molecule has 164 valence electrons. The Hall–Kier alpha value is -3.23. The Bertz CT molecular complexity index is 1340. The van der Waals surface area contributed by atoms with Gasteiger partial charge in [0.05, 0.1) is 5.56 Å². The number of carbonyl (C=O) groups excluding carboxylic acids is 1. The molecule has 0 saturated carbocycles. The number of carbonyl (C=O) groups is 1. The molecule has 1 aliphatic rings. The second-order valence-electron chi connectivity index (χ2n) is 8.14. The number of nitrogens with one attached hydrogen (secondary N) is 1. The number of anilines is 1. The maximum Gasteiger partial charge on any atom is 0.269 e. The summed E-state index contributed by atoms with van der Waals surface area (Å²) in [6, 6.07) is 7.12. The summed E-state index contributed by atoms with van der Waals surface area (Å²) < 4.78 is 16.1. The van der Waals surface area contributed by atoms with Crippen LogP contribution in [0.1, 0.15) is 23.2 Å². The van der Waals surface area contributed by atoms with Crippen molar-refractivity contribution in [1.29, 1.82) is 0 Å². The first-order valence-electron chi connectivity index (χ1n) is 10.4. The fourth-order valence-electron chi connectivity index (χ4n) is 4.39. The Kier molecular flexibility index (Phi) is 5.19. The number of piperidine rings is 1. The van der Waals surface area contributed by atoms with Gasteiger partial charge in [0.15, 0.2) is 0 Å². The zero-order valence-corrected chi connectivity index (χ0v) is 18.2. The molecule has 7 nitrogen and oxygen atoms in total. The van der Waals surface area contributed by atoms with Crippen LogP contribution < -0.4 is 10.6 Å². The number of pyridine rings is 2. The normalized spacial score (nSPS) is 16.6. The molecule has 4 aromatic rings. The summed E-state index contributed by atoms with van der Waals surface area (Å²) in [6.07, 6.45) is 6.85. The summed E-state index contributed by atoms with van der Waals surface area (Å²) in [5, 5.41) is 1.44. The van der Waals surface area contributed by atoms with Gasteiger partial charge in [-0.15, -0.1) is 0 Å². The number of H-pyrrole nitrogens is 1. The topological polar surface area (TPSA) is 91.1 Å². The first kappa shape index (κ1) is 20.7. The number of benzene rings is 1. The van der Waals surface area contributed by atoms with E-state index in [1.54, 1.807) is 18.5 Å². The second kappa shape index (κ2) is 8.03. The Morgan fingerprint density at radius 2 is 2.16 bits per heavy atom. The average molecular weight is 453 g/mol. The number of nitrogens with two attached hydrogens (primary N) is 1. The fraction of sp³-hybridized carbons (Fsp3) is 0.261. The minimum Gasteiger partial charge on any atom is -0.369 e. The number of rotatable bonds is 3. The van der Waals surface area contributed by atoms with E-state index in [1.807, 2.05) is 12.1 Å². The van der Waals surface area contributed by atoms with Gasteiger partial charge in [-0.2, -0.15) is 0 Å². The van der Waals surface area contributed by atoms with Gasteiger partial charge in [-0.25, -0.2) is 9.37 Å². The van der Waals surface area contributed by atoms with Crippen molar-refractivity contribution in [1.82, 2.24) is 19.4 Å². The van der Waals surface area contributed by atoms with Crippen LogP contribution in [0.15, 0.2) is 42.9 Å². The SMILES string of the molecule is CN(Cl)C(=O)c1cnc2[nH]cc(-c3cc(F)c4nccc(N5CCC[C@@H](N)C5)c4c3)c2c1. The predicted octanol–water partition coefficient (Wildman–Crippen LogP) is 4.07. The summed E-state index contributed by atoms with van der Waals surface area (Å²) in [5.41, 5.74) is 9.78. The zero-order chi connectivity index (χ0) is 22.4. The van der Waals surface area contributed by atoms with E-state index in [0.717, 1.165) is 47.0 Å². The highest BCUT2D eigenvalue weighted by atomic mass is 35.5. The molecule has 4 heterocycles. The zero-order valence-electron chi connectivity index (χ0n) is 17.5. The van der Waals surface area contributed by atoms with Crippen LogP contribution in [-0.4, -0.2) is 51.5 Å². The highest BCUT2D eigenvalue weighted by Crippen LogP contribution is 2.35. The lowest BCUT2D eigenvalue weighted by Crippen LogP contribution is -2.42. The van der Waals surface area contributed by atoms with E-state index in [0.29, 0.717) is 27.7 Å². The lowest BCUT2D eigenvalue weighted by Gasteiger charge is -2.33. The highest BCUT2D eigenvalue weighted by molar-refractivity contribution is 6.24. The summed E-state index contributed by atoms with van der Waals surface area (Å²) in [4.78, 5) is 26.2. The number of halogens is 2. The van der Waals surface area contributed by atoms with Crippen molar-refractivity contribution in [2.45, 2.75) is 18.9 Å². The maximum absolute atomic E-state index is 15.2. The first-order chi connectivity index (χ1) is 15.4. The molecule has 1 aliphatic heterocycles. The average Bonchev–Trinajstić information content (AvgIpc) is 3.21. The van der Waals surface area contributed by atoms with Gasteiger partial charge in [0.25, 0.3) is 5.91 Å². The molecule has 0 spiro atoms. The standard InChI is InChI=1S/C23H22ClFN6O/c1-30(24)23(32)14-8-16-18(11-29-22(16)28-10-14)13-7-17-20(31-6-2-3-15(26)12-31)4-5-27-21(17)19(25)9-13/h4-5,7-11,15H,2-3,6,12,26H2,1H3,(H,28,29)/t15-/m1/s1. The van der Waals surface area contributed by atoms with E-state index in [9.17, 15) is 4.79 Å². The number of aromatic nitrogens is 3. The predicted molar refractivity (Wildman–Crippen MR) is 124 cm³/mol. The van der Waals surface area contributed by atoms with Crippen LogP contribution in [0.2, 0.25) is 0 Å². The van der Waals surface area contributed by atoms with Gasteiger partial charge in [-0.3, -0.25) is 14.2 Å². The Morgan fingerprint density at radius 3 is 2.94 bits per heavy atom. The summed E-state index contributed by atoms with van der Waals surface area (Å²) in [7, 11) is 1.46.